The van der Waals surface area contributed by atoms with E-state index in [0.717, 1.165) is 24.5 Å². The van der Waals surface area contributed by atoms with E-state index in [1.807, 2.05) is 24.3 Å². The average molecular weight is 380 g/mol. The van der Waals surface area contributed by atoms with Crippen LogP contribution in [-0.4, -0.2) is 47.3 Å². The second-order valence-electron chi connectivity index (χ2n) is 6.28. The number of para-hydroxylation sites is 2. The van der Waals surface area contributed by atoms with Gasteiger partial charge < -0.3 is 24.8 Å². The van der Waals surface area contributed by atoms with Crippen molar-refractivity contribution in [2.75, 3.05) is 41.8 Å². The summed E-state index contributed by atoms with van der Waals surface area (Å²) in [6, 6.07) is 11.1. The SMILES string of the molecule is Cc1cc(NC(=O)c2ccnc(Nc3ccccc3N3CCOCC3)n2)no1. The maximum atomic E-state index is 12.4. The Bertz CT molecular complexity index is 968. The average Bonchev–Trinajstić information content (AvgIpc) is 3.14. The lowest BCUT2D eigenvalue weighted by atomic mass is 10.2. The Morgan fingerprint density at radius 3 is 2.79 bits per heavy atom. The minimum absolute atomic E-state index is 0.224. The second-order valence-corrected chi connectivity index (χ2v) is 6.28. The number of carbonyl (C=O) groups excluding carboxylic acids is 1. The molecule has 28 heavy (non-hydrogen) atoms. The van der Waals surface area contributed by atoms with Crippen molar-refractivity contribution in [3.05, 3.63) is 54.0 Å². The number of amides is 1. The first-order chi connectivity index (χ1) is 13.7. The molecule has 1 aliphatic heterocycles. The molecule has 9 nitrogen and oxygen atoms in total. The van der Waals surface area contributed by atoms with Gasteiger partial charge in [0.2, 0.25) is 5.95 Å². The summed E-state index contributed by atoms with van der Waals surface area (Å²) in [5.74, 6) is 0.901. The molecule has 1 aliphatic rings. The maximum absolute atomic E-state index is 12.4. The van der Waals surface area contributed by atoms with Gasteiger partial charge >= 0.3 is 0 Å². The van der Waals surface area contributed by atoms with Crippen LogP contribution in [0.1, 0.15) is 16.2 Å². The fraction of sp³-hybridized carbons (Fsp3) is 0.263. The van der Waals surface area contributed by atoms with Crippen LogP contribution in [0.3, 0.4) is 0 Å². The monoisotopic (exact) mass is 380 g/mol. The summed E-state index contributed by atoms with van der Waals surface area (Å²) in [7, 11) is 0. The molecule has 9 heteroatoms. The third-order valence-electron chi connectivity index (χ3n) is 4.26. The highest BCUT2D eigenvalue weighted by atomic mass is 16.5. The van der Waals surface area contributed by atoms with E-state index in [0.29, 0.717) is 30.7 Å². The Hall–Kier alpha value is -3.46. The van der Waals surface area contributed by atoms with Gasteiger partial charge in [-0.3, -0.25) is 4.79 Å². The number of anilines is 4. The van der Waals surface area contributed by atoms with E-state index < -0.39 is 0 Å². The molecule has 0 atom stereocenters. The number of benzene rings is 1. The van der Waals surface area contributed by atoms with Gasteiger partial charge in [0.05, 0.1) is 24.6 Å². The molecule has 1 amide bonds. The quantitative estimate of drug-likeness (QED) is 0.696. The Morgan fingerprint density at radius 1 is 1.18 bits per heavy atom. The molecule has 3 heterocycles. The number of nitrogens with zero attached hydrogens (tertiary/aromatic N) is 4. The second kappa shape index (κ2) is 8.05. The summed E-state index contributed by atoms with van der Waals surface area (Å²) < 4.78 is 10.4. The third kappa shape index (κ3) is 4.09. The zero-order chi connectivity index (χ0) is 19.3. The van der Waals surface area contributed by atoms with Crippen molar-refractivity contribution in [2.45, 2.75) is 6.92 Å². The predicted octanol–water partition coefficient (Wildman–Crippen LogP) is 2.61. The Kier molecular flexibility index (Phi) is 5.16. The lowest BCUT2D eigenvalue weighted by molar-refractivity contribution is 0.102. The summed E-state index contributed by atoms with van der Waals surface area (Å²) in [4.78, 5) is 23.2. The van der Waals surface area contributed by atoms with Gasteiger partial charge in [-0.2, -0.15) is 0 Å². The number of nitrogens with one attached hydrogen (secondary N) is 2. The molecule has 0 spiro atoms. The number of hydrogen-bond acceptors (Lipinski definition) is 8. The summed E-state index contributed by atoms with van der Waals surface area (Å²) in [6.45, 7) is 4.78. The lowest BCUT2D eigenvalue weighted by Gasteiger charge is -2.30. The van der Waals surface area contributed by atoms with E-state index in [1.165, 1.54) is 6.20 Å². The van der Waals surface area contributed by atoms with Crippen LogP contribution in [0, 0.1) is 6.92 Å². The van der Waals surface area contributed by atoms with Gasteiger partial charge in [-0.15, -0.1) is 0 Å². The van der Waals surface area contributed by atoms with Crippen molar-refractivity contribution in [3.8, 4) is 0 Å². The van der Waals surface area contributed by atoms with E-state index in [4.69, 9.17) is 9.26 Å². The van der Waals surface area contributed by atoms with Crippen molar-refractivity contribution in [1.82, 2.24) is 15.1 Å². The van der Waals surface area contributed by atoms with Crippen molar-refractivity contribution in [3.63, 3.8) is 0 Å². The van der Waals surface area contributed by atoms with E-state index in [-0.39, 0.29) is 11.6 Å². The molecule has 0 bridgehead atoms. The van der Waals surface area contributed by atoms with Crippen LogP contribution in [0.15, 0.2) is 47.1 Å². The molecule has 2 aromatic heterocycles. The molecule has 0 saturated carbocycles. The Morgan fingerprint density at radius 2 is 2.00 bits per heavy atom. The fourth-order valence-electron chi connectivity index (χ4n) is 2.93. The number of aromatic nitrogens is 3. The van der Waals surface area contributed by atoms with Crippen LogP contribution >= 0.6 is 0 Å². The highest BCUT2D eigenvalue weighted by Gasteiger charge is 2.16. The summed E-state index contributed by atoms with van der Waals surface area (Å²) in [5, 5.41) is 9.62. The highest BCUT2D eigenvalue weighted by molar-refractivity contribution is 6.02. The van der Waals surface area contributed by atoms with Crippen LogP contribution in [-0.2, 0) is 4.74 Å². The molecule has 0 aliphatic carbocycles. The first-order valence-corrected chi connectivity index (χ1v) is 8.95. The molecule has 3 aromatic rings. The molecular formula is C19H20N6O3. The number of morpholine rings is 1. The lowest BCUT2D eigenvalue weighted by Crippen LogP contribution is -2.36. The number of rotatable bonds is 5. The zero-order valence-corrected chi connectivity index (χ0v) is 15.4. The number of hydrogen-bond donors (Lipinski definition) is 2. The van der Waals surface area contributed by atoms with Crippen LogP contribution in [0.25, 0.3) is 0 Å². The van der Waals surface area contributed by atoms with Crippen molar-refractivity contribution >= 4 is 29.0 Å². The number of ether oxygens (including phenoxy) is 1. The topological polar surface area (TPSA) is 105 Å². The largest absolute Gasteiger partial charge is 0.378 e. The standard InChI is InChI=1S/C19H20N6O3/c1-13-12-17(24-28-13)23-18(26)15-6-7-20-19(22-15)21-14-4-2-3-5-16(14)25-8-10-27-11-9-25/h2-7,12H,8-11H2,1H3,(H,20,21,22)(H,23,24,26). The molecular weight excluding hydrogens is 360 g/mol. The molecule has 1 aromatic carbocycles. The van der Waals surface area contributed by atoms with E-state index in [1.54, 1.807) is 19.1 Å². The van der Waals surface area contributed by atoms with E-state index >= 15 is 0 Å². The normalized spacial score (nSPS) is 14.0. The van der Waals surface area contributed by atoms with E-state index in [2.05, 4.69) is 30.7 Å². The van der Waals surface area contributed by atoms with Gasteiger partial charge in [-0.1, -0.05) is 17.3 Å². The van der Waals surface area contributed by atoms with Gasteiger partial charge in [-0.05, 0) is 25.1 Å². The van der Waals surface area contributed by atoms with Gasteiger partial charge in [0.25, 0.3) is 5.91 Å². The van der Waals surface area contributed by atoms with Crippen LogP contribution in [0.5, 0.6) is 0 Å². The number of carbonyl (C=O) groups is 1. The first kappa shape index (κ1) is 17.9. The van der Waals surface area contributed by atoms with Crippen molar-refractivity contribution in [2.24, 2.45) is 0 Å². The van der Waals surface area contributed by atoms with E-state index in [9.17, 15) is 4.79 Å². The Labute approximate surface area is 161 Å². The molecule has 0 unspecified atom stereocenters. The first-order valence-electron chi connectivity index (χ1n) is 8.95. The van der Waals surface area contributed by atoms with Gasteiger partial charge in [0.15, 0.2) is 5.82 Å². The van der Waals surface area contributed by atoms with Crippen LogP contribution < -0.4 is 15.5 Å². The number of aryl methyl sites for hydroxylation is 1. The van der Waals surface area contributed by atoms with Gasteiger partial charge in [-0.25, -0.2) is 9.97 Å². The summed E-state index contributed by atoms with van der Waals surface area (Å²) in [6.07, 6.45) is 1.54. The molecule has 4 rings (SSSR count). The minimum atomic E-state index is -0.389. The highest BCUT2D eigenvalue weighted by Crippen LogP contribution is 2.28. The predicted molar refractivity (Wildman–Crippen MR) is 104 cm³/mol. The zero-order valence-electron chi connectivity index (χ0n) is 15.4. The van der Waals surface area contributed by atoms with Gasteiger partial charge in [0.1, 0.15) is 11.5 Å². The molecule has 144 valence electrons. The fourth-order valence-corrected chi connectivity index (χ4v) is 2.93. The summed E-state index contributed by atoms with van der Waals surface area (Å²) in [5.41, 5.74) is 2.14. The third-order valence-corrected chi connectivity index (χ3v) is 4.26. The molecule has 2 N–H and O–H groups in total. The van der Waals surface area contributed by atoms with Crippen LogP contribution in [0.4, 0.5) is 23.1 Å². The Balaban J connectivity index is 1.51. The smallest absolute Gasteiger partial charge is 0.275 e. The van der Waals surface area contributed by atoms with Crippen molar-refractivity contribution < 1.29 is 14.1 Å². The summed E-state index contributed by atoms with van der Waals surface area (Å²) >= 11 is 0. The molecule has 0 radical (unpaired) electrons. The molecule has 1 saturated heterocycles. The van der Waals surface area contributed by atoms with Crippen molar-refractivity contribution in [1.29, 1.82) is 0 Å². The maximum Gasteiger partial charge on any atom is 0.275 e. The van der Waals surface area contributed by atoms with Gasteiger partial charge in [0, 0.05) is 25.4 Å². The minimum Gasteiger partial charge on any atom is -0.378 e. The van der Waals surface area contributed by atoms with Crippen LogP contribution in [0.2, 0.25) is 0 Å². The molecule has 1 fully saturated rings.